The van der Waals surface area contributed by atoms with Crippen molar-refractivity contribution in [3.8, 4) is 23.0 Å². The lowest BCUT2D eigenvalue weighted by atomic mass is 10.0. The summed E-state index contributed by atoms with van der Waals surface area (Å²) in [5.41, 5.74) is 2.36. The number of carbonyl (C=O) groups excluding carboxylic acids is 6. The van der Waals surface area contributed by atoms with Crippen LogP contribution in [0.2, 0.25) is 0 Å². The quantitative estimate of drug-likeness (QED) is 0.0294. The number of aliphatic hydroxyl groups excluding tert-OH is 2. The minimum Gasteiger partial charge on any atom is -0.493 e. The zero-order chi connectivity index (χ0) is 57.8. The fourth-order valence-electron chi connectivity index (χ4n) is 8.30. The second kappa shape index (κ2) is 29.6. The van der Waals surface area contributed by atoms with Gasteiger partial charge < -0.3 is 69.5 Å². The summed E-state index contributed by atoms with van der Waals surface area (Å²) in [4.78, 5) is 94.4. The van der Waals surface area contributed by atoms with E-state index in [1.54, 1.807) is 50.5 Å². The smallest absolute Gasteiger partial charge is 0.411 e. The lowest BCUT2D eigenvalue weighted by Gasteiger charge is -2.24. The number of alkyl carbamates (subject to hydrolysis) is 1. The Morgan fingerprint density at radius 2 is 1.20 bits per heavy atom. The molecule has 2 heterocycles. The topological polar surface area (TPSA) is 302 Å². The molecule has 0 saturated carbocycles. The number of benzene rings is 3. The molecule has 8 N–H and O–H groups in total. The Morgan fingerprint density at radius 3 is 1.66 bits per heavy atom. The summed E-state index contributed by atoms with van der Waals surface area (Å²) in [6, 6.07) is 8.69. The van der Waals surface area contributed by atoms with Crippen LogP contribution in [0, 0.1) is 5.92 Å². The van der Waals surface area contributed by atoms with E-state index in [9.17, 15) is 48.9 Å². The molecule has 3 aromatic rings. The van der Waals surface area contributed by atoms with E-state index < -0.39 is 66.1 Å². The second-order valence-electron chi connectivity index (χ2n) is 18.4. The molecule has 0 saturated heterocycles. The normalized spacial score (nSPS) is 15.6. The first-order chi connectivity index (χ1) is 37.9. The molecule has 23 heteroatoms. The van der Waals surface area contributed by atoms with Gasteiger partial charge in [0.05, 0.1) is 75.2 Å². The summed E-state index contributed by atoms with van der Waals surface area (Å²) in [6.07, 6.45) is 9.71. The number of hydrogen-bond donors (Lipinski definition) is 8. The van der Waals surface area contributed by atoms with Crippen molar-refractivity contribution >= 4 is 59.0 Å². The number of carbonyl (C=O) groups is 7. The Morgan fingerprint density at radius 1 is 0.684 bits per heavy atom. The Hall–Kier alpha value is -8.83. The van der Waals surface area contributed by atoms with Gasteiger partial charge >= 0.3 is 18.3 Å². The highest BCUT2D eigenvalue weighted by molar-refractivity contribution is 6.05. The average Bonchev–Trinajstić information content (AvgIpc) is 4.06. The van der Waals surface area contributed by atoms with Crippen LogP contribution in [0.15, 0.2) is 109 Å². The average molecular weight is 1100 g/mol. The summed E-state index contributed by atoms with van der Waals surface area (Å²) >= 11 is 0. The molecule has 7 amide bonds. The van der Waals surface area contributed by atoms with E-state index >= 15 is 0 Å². The predicted molar refractivity (Wildman–Crippen MR) is 292 cm³/mol. The first kappa shape index (κ1) is 61.0. The summed E-state index contributed by atoms with van der Waals surface area (Å²) in [6.45, 7) is 11.1. The molecule has 0 spiro atoms. The van der Waals surface area contributed by atoms with Gasteiger partial charge in [-0.05, 0) is 80.5 Å². The van der Waals surface area contributed by atoms with Gasteiger partial charge in [0.1, 0.15) is 25.3 Å². The summed E-state index contributed by atoms with van der Waals surface area (Å²) in [7, 11) is 2.73. The van der Waals surface area contributed by atoms with Crippen LogP contribution >= 0.6 is 0 Å². The fourth-order valence-corrected chi connectivity index (χ4v) is 8.30. The number of rotatable bonds is 26. The minimum atomic E-state index is -1.43. The SMILES string of the molecule is C=CCOC(=O)N[C@H](C(=O)NC(C)C(=O)Nc1ccc(COC(=O)Nc2cc(OCCCOc3cc(NC(=O)O)c(C(=O)N4C=C(/C=C/C)C[C@H]4CO)cc3OC)c(OC)cc2C(=O)N2C=C(/C=C/C)C[C@H]2CO)cc1)C(C)C. The molecular weight excluding hydrogens is 1030 g/mol. The number of nitrogens with one attached hydrogen (secondary N) is 5. The Labute approximate surface area is 457 Å². The van der Waals surface area contributed by atoms with Crippen molar-refractivity contribution in [2.75, 3.05) is 63.2 Å². The second-order valence-corrected chi connectivity index (χ2v) is 18.4. The molecule has 0 radical (unpaired) electrons. The van der Waals surface area contributed by atoms with Gasteiger partial charge in [-0.2, -0.15) is 0 Å². The third kappa shape index (κ3) is 16.8. The van der Waals surface area contributed by atoms with E-state index in [2.05, 4.69) is 33.2 Å². The molecule has 2 aliphatic rings. The fraction of sp³-hybridized carbons (Fsp3) is 0.375. The number of allylic oxidation sites excluding steroid dienone is 4. The van der Waals surface area contributed by atoms with Gasteiger partial charge in [-0.3, -0.25) is 29.8 Å². The molecule has 23 nitrogen and oxygen atoms in total. The van der Waals surface area contributed by atoms with Gasteiger partial charge in [0.15, 0.2) is 23.0 Å². The number of methoxy groups -OCH3 is 2. The van der Waals surface area contributed by atoms with Gasteiger partial charge in [-0.1, -0.05) is 62.9 Å². The van der Waals surface area contributed by atoms with Crippen molar-refractivity contribution in [3.63, 3.8) is 0 Å². The molecular formula is C56H69N7O16. The maximum absolute atomic E-state index is 14.3. The van der Waals surface area contributed by atoms with Crippen LogP contribution in [-0.4, -0.2) is 138 Å². The van der Waals surface area contributed by atoms with Crippen LogP contribution < -0.4 is 45.5 Å². The number of anilines is 3. The number of carboxylic acid groups (broad SMARTS) is 1. The molecule has 424 valence electrons. The third-order valence-electron chi connectivity index (χ3n) is 12.2. The van der Waals surface area contributed by atoms with Crippen molar-refractivity contribution in [3.05, 3.63) is 126 Å². The molecule has 5 rings (SSSR count). The molecule has 4 atom stereocenters. The first-order valence-corrected chi connectivity index (χ1v) is 25.3. The largest absolute Gasteiger partial charge is 0.493 e. The molecule has 2 aliphatic heterocycles. The first-order valence-electron chi connectivity index (χ1n) is 25.3. The highest BCUT2D eigenvalue weighted by Gasteiger charge is 2.34. The Bertz CT molecular complexity index is 2830. The third-order valence-corrected chi connectivity index (χ3v) is 12.2. The van der Waals surface area contributed by atoms with Crippen molar-refractivity contribution in [2.45, 2.75) is 84.7 Å². The molecule has 0 bridgehead atoms. The number of aliphatic hydroxyl groups is 2. The molecule has 1 unspecified atom stereocenters. The number of ether oxygens (including phenoxy) is 6. The molecule has 0 aliphatic carbocycles. The minimum absolute atomic E-state index is 0.00179. The van der Waals surface area contributed by atoms with Gasteiger partial charge in [0.25, 0.3) is 11.8 Å². The van der Waals surface area contributed by atoms with Crippen LogP contribution in [0.1, 0.15) is 80.2 Å². The highest BCUT2D eigenvalue weighted by Crippen LogP contribution is 2.38. The van der Waals surface area contributed by atoms with E-state index in [-0.39, 0.29) is 97.5 Å². The summed E-state index contributed by atoms with van der Waals surface area (Å²) in [5.74, 6) is -2.10. The van der Waals surface area contributed by atoms with Gasteiger partial charge in [0, 0.05) is 36.6 Å². The molecule has 0 fully saturated rings. The number of hydrogen-bond acceptors (Lipinski definition) is 15. The lowest BCUT2D eigenvalue weighted by molar-refractivity contribution is -0.128. The van der Waals surface area contributed by atoms with Crippen molar-refractivity contribution in [2.24, 2.45) is 5.92 Å². The van der Waals surface area contributed by atoms with Crippen LogP contribution in [-0.2, 0) is 25.7 Å². The van der Waals surface area contributed by atoms with E-state index in [1.807, 2.05) is 38.2 Å². The van der Waals surface area contributed by atoms with Crippen LogP contribution in [0.4, 0.5) is 31.4 Å². The van der Waals surface area contributed by atoms with Gasteiger partial charge in [-0.25, -0.2) is 14.4 Å². The van der Waals surface area contributed by atoms with E-state index in [1.165, 1.54) is 61.3 Å². The predicted octanol–water partition coefficient (Wildman–Crippen LogP) is 7.10. The van der Waals surface area contributed by atoms with Crippen molar-refractivity contribution in [1.29, 1.82) is 0 Å². The van der Waals surface area contributed by atoms with Crippen LogP contribution in [0.5, 0.6) is 23.0 Å². The van der Waals surface area contributed by atoms with Gasteiger partial charge in [-0.15, -0.1) is 0 Å². The maximum Gasteiger partial charge on any atom is 0.411 e. The monoisotopic (exact) mass is 1100 g/mol. The van der Waals surface area contributed by atoms with Crippen molar-refractivity contribution in [1.82, 2.24) is 20.4 Å². The summed E-state index contributed by atoms with van der Waals surface area (Å²) in [5, 5.41) is 42.7. The zero-order valence-electron chi connectivity index (χ0n) is 45.2. The number of amides is 7. The maximum atomic E-state index is 14.3. The number of nitrogens with zero attached hydrogens (tertiary/aromatic N) is 2. The van der Waals surface area contributed by atoms with Gasteiger partial charge in [0.2, 0.25) is 11.8 Å². The molecule has 0 aromatic heterocycles. The van der Waals surface area contributed by atoms with E-state index in [0.717, 1.165) is 11.1 Å². The van der Waals surface area contributed by atoms with Crippen LogP contribution in [0.3, 0.4) is 0 Å². The van der Waals surface area contributed by atoms with E-state index in [0.29, 0.717) is 24.1 Å². The molecule has 3 aromatic carbocycles. The van der Waals surface area contributed by atoms with Crippen molar-refractivity contribution < 1.29 is 77.3 Å². The molecule has 79 heavy (non-hydrogen) atoms. The van der Waals surface area contributed by atoms with Crippen LogP contribution in [0.25, 0.3) is 0 Å². The Kier molecular flexibility index (Phi) is 22.9. The highest BCUT2D eigenvalue weighted by atomic mass is 16.6. The van der Waals surface area contributed by atoms with E-state index in [4.69, 9.17) is 28.4 Å². The zero-order valence-corrected chi connectivity index (χ0v) is 45.2. The lowest BCUT2D eigenvalue weighted by Crippen LogP contribution is -2.53. The standard InChI is InChI=1S/C56H69N7O16/c1-9-13-36-22-39(30-64)62(28-36)52(68)41-24-45(74-7)47(26-43(41)59-54(70)71)76-20-12-21-77-48-27-44(42(25-46(48)75-8)53(69)63-29-37(14-10-2)23-40(63)31-65)60-55(72)79-32-35-15-17-38(18-16-35)58-50(66)34(6)57-51(67)49(33(4)5)61-56(73)78-19-11-3/h9-11,13-18,24-29,33-34,39-40,49,59,64-65H,3,12,19-23,30-32H2,1-2,4-8H3,(H,57,67)(H,58,66)(H,60,72)(H,61,73)(H,70,71)/b13-9+,14-10+/t34?,39-,40-,49-/m0/s1. The summed E-state index contributed by atoms with van der Waals surface area (Å²) < 4.78 is 33.8. The Balaban J connectivity index is 1.27.